The quantitative estimate of drug-likeness (QED) is 0.246. The number of aryl methyl sites for hydroxylation is 1. The van der Waals surface area contributed by atoms with E-state index in [9.17, 15) is 22.8 Å². The summed E-state index contributed by atoms with van der Waals surface area (Å²) in [7, 11) is 0. The second-order valence-corrected chi connectivity index (χ2v) is 9.90. The van der Waals surface area contributed by atoms with Crippen molar-refractivity contribution in [2.75, 3.05) is 22.5 Å². The molecule has 0 aliphatic heterocycles. The standard InChI is InChI=1S/C27H31F3N6O4/c1-16-6-7-19(12-21(16)27(28,29)30)36-24(37)35-18-8-10-20(11-9-18)39-23-13-22(32-15-33-23)34-17(2)14-31-25(38)40-26(3,4)5/h6-13,15,17H,14H2,1-5H3,(H,31,38)(H,32,33,34)(H2,35,36,37). The highest BCUT2D eigenvalue weighted by molar-refractivity contribution is 5.99. The summed E-state index contributed by atoms with van der Waals surface area (Å²) in [4.78, 5) is 32.3. The number of hydrogen-bond donors (Lipinski definition) is 4. The first-order valence-corrected chi connectivity index (χ1v) is 12.3. The summed E-state index contributed by atoms with van der Waals surface area (Å²) in [5.41, 5.74) is -0.943. The minimum Gasteiger partial charge on any atom is -0.444 e. The molecule has 10 nitrogen and oxygen atoms in total. The van der Waals surface area contributed by atoms with Crippen LogP contribution in [0.1, 0.15) is 38.8 Å². The zero-order valence-electron chi connectivity index (χ0n) is 22.6. The minimum absolute atomic E-state index is 0.0125. The van der Waals surface area contributed by atoms with Gasteiger partial charge in [0.25, 0.3) is 0 Å². The van der Waals surface area contributed by atoms with Crippen LogP contribution in [-0.4, -0.2) is 40.3 Å². The maximum absolute atomic E-state index is 13.1. The maximum Gasteiger partial charge on any atom is 0.416 e. The van der Waals surface area contributed by atoms with Crippen LogP contribution in [0.3, 0.4) is 0 Å². The predicted molar refractivity (Wildman–Crippen MR) is 145 cm³/mol. The van der Waals surface area contributed by atoms with E-state index in [1.807, 2.05) is 6.92 Å². The van der Waals surface area contributed by atoms with E-state index >= 15 is 0 Å². The van der Waals surface area contributed by atoms with Crippen LogP contribution in [0, 0.1) is 6.92 Å². The number of hydrogen-bond acceptors (Lipinski definition) is 7. The summed E-state index contributed by atoms with van der Waals surface area (Å²) in [6.07, 6.45) is -3.72. The second-order valence-electron chi connectivity index (χ2n) is 9.90. The van der Waals surface area contributed by atoms with Gasteiger partial charge in [-0.05, 0) is 76.6 Å². The molecule has 0 saturated heterocycles. The first kappa shape index (κ1) is 30.0. The second kappa shape index (κ2) is 12.5. The molecule has 40 heavy (non-hydrogen) atoms. The van der Waals surface area contributed by atoms with E-state index in [-0.39, 0.29) is 23.2 Å². The van der Waals surface area contributed by atoms with Crippen molar-refractivity contribution in [3.05, 3.63) is 66.0 Å². The van der Waals surface area contributed by atoms with Crippen LogP contribution >= 0.6 is 0 Å². The van der Waals surface area contributed by atoms with Gasteiger partial charge in [-0.1, -0.05) is 6.07 Å². The van der Waals surface area contributed by atoms with E-state index in [0.29, 0.717) is 23.8 Å². The van der Waals surface area contributed by atoms with Crippen molar-refractivity contribution in [2.45, 2.75) is 52.4 Å². The lowest BCUT2D eigenvalue weighted by atomic mass is 10.1. The van der Waals surface area contributed by atoms with Crippen molar-refractivity contribution in [1.82, 2.24) is 15.3 Å². The SMILES string of the molecule is Cc1ccc(NC(=O)Nc2ccc(Oc3cc(NC(C)CNC(=O)OC(C)(C)C)ncn3)cc2)cc1C(F)(F)F. The molecule has 13 heteroatoms. The first-order valence-electron chi connectivity index (χ1n) is 12.3. The van der Waals surface area contributed by atoms with Gasteiger partial charge in [0.05, 0.1) is 5.56 Å². The highest BCUT2D eigenvalue weighted by Crippen LogP contribution is 2.33. The maximum atomic E-state index is 13.1. The molecule has 0 aliphatic carbocycles. The molecule has 0 aliphatic rings. The molecule has 0 saturated carbocycles. The van der Waals surface area contributed by atoms with Gasteiger partial charge in [0.1, 0.15) is 23.5 Å². The van der Waals surface area contributed by atoms with E-state index in [2.05, 4.69) is 31.2 Å². The van der Waals surface area contributed by atoms with Gasteiger partial charge in [-0.25, -0.2) is 19.6 Å². The largest absolute Gasteiger partial charge is 0.444 e. The Hall–Kier alpha value is -4.55. The third kappa shape index (κ3) is 9.64. The number of rotatable bonds is 8. The Balaban J connectivity index is 1.52. The summed E-state index contributed by atoms with van der Waals surface area (Å²) < 4.78 is 50.3. The summed E-state index contributed by atoms with van der Waals surface area (Å²) in [5.74, 6) is 1.15. The smallest absolute Gasteiger partial charge is 0.416 e. The van der Waals surface area contributed by atoms with E-state index in [1.165, 1.54) is 25.4 Å². The lowest BCUT2D eigenvalue weighted by Gasteiger charge is -2.21. The molecular formula is C27H31F3N6O4. The number of benzene rings is 2. The fourth-order valence-corrected chi connectivity index (χ4v) is 3.35. The number of carbonyl (C=O) groups is 2. The summed E-state index contributed by atoms with van der Waals surface area (Å²) in [6, 6.07) is 10.6. The number of nitrogens with one attached hydrogen (secondary N) is 4. The summed E-state index contributed by atoms with van der Waals surface area (Å²) in [5, 5.41) is 10.8. The Morgan fingerprint density at radius 2 is 1.60 bits per heavy atom. The number of aromatic nitrogens is 2. The molecule has 214 valence electrons. The average Bonchev–Trinajstić information content (AvgIpc) is 2.84. The van der Waals surface area contributed by atoms with Gasteiger partial charge in [-0.3, -0.25) is 0 Å². The molecule has 1 heterocycles. The zero-order chi connectivity index (χ0) is 29.5. The van der Waals surface area contributed by atoms with Crippen molar-refractivity contribution >= 4 is 29.3 Å². The predicted octanol–water partition coefficient (Wildman–Crippen LogP) is 6.57. The molecule has 3 rings (SSSR count). The molecule has 1 unspecified atom stereocenters. The Morgan fingerprint density at radius 3 is 2.25 bits per heavy atom. The van der Waals surface area contributed by atoms with Crippen LogP contribution in [0.5, 0.6) is 11.6 Å². The molecule has 2 aromatic carbocycles. The van der Waals surface area contributed by atoms with Gasteiger partial charge in [0.15, 0.2) is 0 Å². The van der Waals surface area contributed by atoms with Crippen molar-refractivity contribution < 1.29 is 32.2 Å². The molecule has 0 radical (unpaired) electrons. The van der Waals surface area contributed by atoms with Crippen LogP contribution in [-0.2, 0) is 10.9 Å². The van der Waals surface area contributed by atoms with Crippen LogP contribution in [0.2, 0.25) is 0 Å². The molecule has 4 N–H and O–H groups in total. The van der Waals surface area contributed by atoms with E-state index in [1.54, 1.807) is 51.1 Å². The van der Waals surface area contributed by atoms with Crippen LogP contribution < -0.4 is 26.0 Å². The van der Waals surface area contributed by atoms with Crippen molar-refractivity contribution in [3.8, 4) is 11.6 Å². The number of amides is 3. The fraction of sp³-hybridized carbons (Fsp3) is 0.333. The van der Waals surface area contributed by atoms with Gasteiger partial charge >= 0.3 is 18.3 Å². The number of alkyl halides is 3. The van der Waals surface area contributed by atoms with Gasteiger partial charge in [0.2, 0.25) is 5.88 Å². The topological polar surface area (TPSA) is 127 Å². The lowest BCUT2D eigenvalue weighted by Crippen LogP contribution is -2.38. The van der Waals surface area contributed by atoms with Crippen LogP contribution in [0.4, 0.5) is 40.0 Å². The van der Waals surface area contributed by atoms with Gasteiger partial charge in [-0.15, -0.1) is 0 Å². The number of urea groups is 1. The van der Waals surface area contributed by atoms with E-state index < -0.39 is 29.5 Å². The van der Waals surface area contributed by atoms with Crippen LogP contribution in [0.25, 0.3) is 0 Å². The third-order valence-electron chi connectivity index (χ3n) is 5.12. The monoisotopic (exact) mass is 560 g/mol. The normalized spacial score (nSPS) is 12.2. The van der Waals surface area contributed by atoms with E-state index in [4.69, 9.17) is 9.47 Å². The molecule has 0 spiro atoms. The van der Waals surface area contributed by atoms with Crippen molar-refractivity contribution in [2.24, 2.45) is 0 Å². The highest BCUT2D eigenvalue weighted by Gasteiger charge is 2.32. The minimum atomic E-state index is -4.52. The van der Waals surface area contributed by atoms with E-state index in [0.717, 1.165) is 6.07 Å². The highest BCUT2D eigenvalue weighted by atomic mass is 19.4. The number of nitrogens with zero attached hydrogens (tertiary/aromatic N) is 2. The molecule has 0 fully saturated rings. The number of carbonyl (C=O) groups excluding carboxylic acids is 2. The number of halogens is 3. The van der Waals surface area contributed by atoms with Gasteiger partial charge in [-0.2, -0.15) is 13.2 Å². The summed E-state index contributed by atoms with van der Waals surface area (Å²) >= 11 is 0. The Labute approximate surface area is 229 Å². The average molecular weight is 561 g/mol. The third-order valence-corrected chi connectivity index (χ3v) is 5.12. The molecular weight excluding hydrogens is 529 g/mol. The molecule has 3 aromatic rings. The van der Waals surface area contributed by atoms with Crippen molar-refractivity contribution in [1.29, 1.82) is 0 Å². The molecule has 1 atom stereocenters. The number of anilines is 3. The first-order chi connectivity index (χ1) is 18.7. The molecule has 0 bridgehead atoms. The summed E-state index contributed by atoms with van der Waals surface area (Å²) in [6.45, 7) is 8.84. The lowest BCUT2D eigenvalue weighted by molar-refractivity contribution is -0.138. The van der Waals surface area contributed by atoms with Crippen LogP contribution in [0.15, 0.2) is 54.9 Å². The Bertz CT molecular complexity index is 1330. The number of ether oxygens (including phenoxy) is 2. The number of alkyl carbamates (subject to hydrolysis) is 1. The van der Waals surface area contributed by atoms with Gasteiger partial charge < -0.3 is 30.7 Å². The fourth-order valence-electron chi connectivity index (χ4n) is 3.35. The van der Waals surface area contributed by atoms with Crippen molar-refractivity contribution in [3.63, 3.8) is 0 Å². The zero-order valence-corrected chi connectivity index (χ0v) is 22.6. The Morgan fingerprint density at radius 1 is 0.950 bits per heavy atom. The van der Waals surface area contributed by atoms with Gasteiger partial charge in [0, 0.05) is 30.0 Å². The molecule has 3 amide bonds. The molecule has 1 aromatic heterocycles. The Kier molecular flexibility index (Phi) is 9.40.